The predicted octanol–water partition coefficient (Wildman–Crippen LogP) is 3.51. The largest absolute Gasteiger partial charge is 0.308 e. The van der Waals surface area contributed by atoms with E-state index in [1.807, 2.05) is 0 Å². The Kier molecular flexibility index (Phi) is 6.00. The summed E-state index contributed by atoms with van der Waals surface area (Å²) >= 11 is 1.80. The van der Waals surface area contributed by atoms with Gasteiger partial charge in [0.25, 0.3) is 0 Å². The first-order valence-electron chi connectivity index (χ1n) is 7.92. The third kappa shape index (κ3) is 5.90. The van der Waals surface area contributed by atoms with Gasteiger partial charge in [0.1, 0.15) is 5.01 Å². The molecule has 0 unspecified atom stereocenters. The van der Waals surface area contributed by atoms with Crippen molar-refractivity contribution in [2.75, 3.05) is 13.1 Å². The van der Waals surface area contributed by atoms with Gasteiger partial charge in [0.15, 0.2) is 0 Å². The number of hydrogen-bond acceptors (Lipinski definition) is 4. The van der Waals surface area contributed by atoms with Crippen LogP contribution in [0.5, 0.6) is 0 Å². The number of nitrogens with one attached hydrogen (secondary N) is 1. The van der Waals surface area contributed by atoms with Crippen LogP contribution in [0.2, 0.25) is 0 Å². The number of hydrogen-bond donors (Lipinski definition) is 1. The van der Waals surface area contributed by atoms with Gasteiger partial charge in [-0.2, -0.15) is 0 Å². The molecule has 20 heavy (non-hydrogen) atoms. The van der Waals surface area contributed by atoms with Crippen LogP contribution in [0.1, 0.15) is 51.2 Å². The number of aromatic nitrogens is 1. The molecule has 0 aromatic carbocycles. The van der Waals surface area contributed by atoms with Crippen LogP contribution >= 0.6 is 11.3 Å². The van der Waals surface area contributed by atoms with Crippen molar-refractivity contribution in [3.63, 3.8) is 0 Å². The van der Waals surface area contributed by atoms with Crippen LogP contribution in [0.15, 0.2) is 5.38 Å². The third-order valence-electron chi connectivity index (χ3n) is 3.35. The van der Waals surface area contributed by atoms with E-state index in [0.717, 1.165) is 32.2 Å². The molecule has 2 rings (SSSR count). The van der Waals surface area contributed by atoms with Crippen molar-refractivity contribution in [2.45, 2.75) is 59.7 Å². The lowest BCUT2D eigenvalue weighted by Crippen LogP contribution is -2.31. The first-order chi connectivity index (χ1) is 9.52. The van der Waals surface area contributed by atoms with E-state index in [9.17, 15) is 0 Å². The Bertz CT molecular complexity index is 386. The molecule has 0 saturated heterocycles. The van der Waals surface area contributed by atoms with E-state index in [4.69, 9.17) is 4.98 Å². The first kappa shape index (κ1) is 15.9. The van der Waals surface area contributed by atoms with Crippen LogP contribution in [0.25, 0.3) is 0 Å². The summed E-state index contributed by atoms with van der Waals surface area (Å²) in [4.78, 5) is 7.32. The highest BCUT2D eigenvalue weighted by Crippen LogP contribution is 2.20. The second-order valence-corrected chi connectivity index (χ2v) is 7.81. The quantitative estimate of drug-likeness (QED) is 0.755. The lowest BCUT2D eigenvalue weighted by atomic mass is 10.1. The van der Waals surface area contributed by atoms with Crippen molar-refractivity contribution in [1.82, 2.24) is 15.2 Å². The van der Waals surface area contributed by atoms with Gasteiger partial charge >= 0.3 is 0 Å². The number of thiazole rings is 1. The van der Waals surface area contributed by atoms with Gasteiger partial charge in [-0.3, -0.25) is 4.90 Å². The highest BCUT2D eigenvalue weighted by molar-refractivity contribution is 7.09. The van der Waals surface area contributed by atoms with E-state index in [1.54, 1.807) is 11.3 Å². The van der Waals surface area contributed by atoms with Crippen LogP contribution in [-0.2, 0) is 13.1 Å². The lowest BCUT2D eigenvalue weighted by molar-refractivity contribution is 0.209. The Morgan fingerprint density at radius 2 is 1.90 bits per heavy atom. The second kappa shape index (κ2) is 7.53. The van der Waals surface area contributed by atoms with Gasteiger partial charge in [0.2, 0.25) is 0 Å². The van der Waals surface area contributed by atoms with Crippen LogP contribution in [0.4, 0.5) is 0 Å². The van der Waals surface area contributed by atoms with Crippen molar-refractivity contribution >= 4 is 11.3 Å². The fraction of sp³-hybridized carbons (Fsp3) is 0.812. The summed E-state index contributed by atoms with van der Waals surface area (Å²) in [6.45, 7) is 13.4. The summed E-state index contributed by atoms with van der Waals surface area (Å²) in [5.41, 5.74) is 1.24. The molecule has 0 bridgehead atoms. The van der Waals surface area contributed by atoms with Gasteiger partial charge < -0.3 is 5.32 Å². The molecule has 0 aliphatic heterocycles. The topological polar surface area (TPSA) is 28.2 Å². The maximum Gasteiger partial charge on any atom is 0.107 e. The van der Waals surface area contributed by atoms with Crippen molar-refractivity contribution < 1.29 is 0 Å². The van der Waals surface area contributed by atoms with Gasteiger partial charge in [-0.15, -0.1) is 11.3 Å². The normalized spacial score (nSPS) is 15.8. The molecule has 1 aromatic rings. The molecule has 0 atom stereocenters. The standard InChI is InChI=1S/C16H29N3S/c1-12(2)8-19(9-13(3)4)10-15-11-20-16(18-15)7-17-14-5-6-14/h11-14,17H,5-10H2,1-4H3. The summed E-state index contributed by atoms with van der Waals surface area (Å²) in [7, 11) is 0. The van der Waals surface area contributed by atoms with Gasteiger partial charge in [0.05, 0.1) is 5.69 Å². The minimum atomic E-state index is 0.711. The Labute approximate surface area is 127 Å². The number of nitrogens with zero attached hydrogens (tertiary/aromatic N) is 2. The monoisotopic (exact) mass is 295 g/mol. The molecular weight excluding hydrogens is 266 g/mol. The molecule has 1 fully saturated rings. The fourth-order valence-electron chi connectivity index (χ4n) is 2.49. The van der Waals surface area contributed by atoms with Crippen molar-refractivity contribution in [3.05, 3.63) is 16.1 Å². The van der Waals surface area contributed by atoms with Crippen molar-refractivity contribution in [3.8, 4) is 0 Å². The van der Waals surface area contributed by atoms with E-state index < -0.39 is 0 Å². The molecule has 0 amide bonds. The summed E-state index contributed by atoms with van der Waals surface area (Å²) in [6.07, 6.45) is 2.68. The molecule has 0 radical (unpaired) electrons. The molecule has 1 N–H and O–H groups in total. The molecule has 0 spiro atoms. The second-order valence-electron chi connectivity index (χ2n) is 6.87. The summed E-state index contributed by atoms with van der Waals surface area (Å²) in [6, 6.07) is 0.765. The van der Waals surface area contributed by atoms with Crippen LogP contribution < -0.4 is 5.32 Å². The van der Waals surface area contributed by atoms with E-state index in [-0.39, 0.29) is 0 Å². The SMILES string of the molecule is CC(C)CN(Cc1csc(CNC2CC2)n1)CC(C)C. The smallest absolute Gasteiger partial charge is 0.107 e. The maximum absolute atomic E-state index is 4.78. The maximum atomic E-state index is 4.78. The zero-order chi connectivity index (χ0) is 14.5. The molecule has 1 saturated carbocycles. The Morgan fingerprint density at radius 1 is 1.25 bits per heavy atom. The van der Waals surface area contributed by atoms with Gasteiger partial charge in [-0.05, 0) is 24.7 Å². The molecule has 1 aliphatic carbocycles. The molecule has 114 valence electrons. The number of rotatable bonds is 9. The average Bonchev–Trinajstić information content (AvgIpc) is 3.06. The van der Waals surface area contributed by atoms with Crippen LogP contribution in [0.3, 0.4) is 0 Å². The zero-order valence-electron chi connectivity index (χ0n) is 13.4. The third-order valence-corrected chi connectivity index (χ3v) is 4.25. The molecule has 4 heteroatoms. The van der Waals surface area contributed by atoms with Gasteiger partial charge in [-0.25, -0.2) is 4.98 Å². The Hall–Kier alpha value is -0.450. The predicted molar refractivity (Wildman–Crippen MR) is 86.9 cm³/mol. The van der Waals surface area contributed by atoms with E-state index in [0.29, 0.717) is 11.8 Å². The van der Waals surface area contributed by atoms with Crippen LogP contribution in [-0.4, -0.2) is 29.0 Å². The van der Waals surface area contributed by atoms with Crippen molar-refractivity contribution in [2.24, 2.45) is 11.8 Å². The highest BCUT2D eigenvalue weighted by Gasteiger charge is 2.20. The Morgan fingerprint density at radius 3 is 2.45 bits per heavy atom. The summed E-state index contributed by atoms with van der Waals surface area (Å²) in [5, 5.41) is 7.01. The molecule has 3 nitrogen and oxygen atoms in total. The highest BCUT2D eigenvalue weighted by atomic mass is 32.1. The molecule has 1 aliphatic rings. The molecular formula is C16H29N3S. The zero-order valence-corrected chi connectivity index (χ0v) is 14.2. The van der Waals surface area contributed by atoms with E-state index >= 15 is 0 Å². The van der Waals surface area contributed by atoms with Gasteiger partial charge in [-0.1, -0.05) is 27.7 Å². The minimum absolute atomic E-state index is 0.711. The first-order valence-corrected chi connectivity index (χ1v) is 8.80. The Balaban J connectivity index is 1.84. The molecule has 1 heterocycles. The van der Waals surface area contributed by atoms with E-state index in [2.05, 4.69) is 43.3 Å². The molecule has 1 aromatic heterocycles. The van der Waals surface area contributed by atoms with Gasteiger partial charge in [0, 0.05) is 37.6 Å². The summed E-state index contributed by atoms with van der Waals surface area (Å²) in [5.74, 6) is 1.42. The summed E-state index contributed by atoms with van der Waals surface area (Å²) < 4.78 is 0. The van der Waals surface area contributed by atoms with Crippen molar-refractivity contribution in [1.29, 1.82) is 0 Å². The van der Waals surface area contributed by atoms with Crippen LogP contribution in [0, 0.1) is 11.8 Å². The fourth-order valence-corrected chi connectivity index (χ4v) is 3.22. The lowest BCUT2D eigenvalue weighted by Gasteiger charge is -2.25. The van der Waals surface area contributed by atoms with E-state index in [1.165, 1.54) is 23.5 Å². The average molecular weight is 295 g/mol. The minimum Gasteiger partial charge on any atom is -0.308 e.